The quantitative estimate of drug-likeness (QED) is 0.537. The summed E-state index contributed by atoms with van der Waals surface area (Å²) < 4.78 is 23.0. The Morgan fingerprint density at radius 3 is 2.62 bits per heavy atom. The summed E-state index contributed by atoms with van der Waals surface area (Å²) in [6.07, 6.45) is 1.90. The van der Waals surface area contributed by atoms with Gasteiger partial charge in [0.2, 0.25) is 0 Å². The fourth-order valence-corrected chi connectivity index (χ4v) is 0.400. The van der Waals surface area contributed by atoms with Crippen LogP contribution in [0.15, 0.2) is 12.2 Å². The van der Waals surface area contributed by atoms with Gasteiger partial charge >= 0.3 is 0 Å². The fourth-order valence-electron chi connectivity index (χ4n) is 0.400. The van der Waals surface area contributed by atoms with Crippen molar-refractivity contribution in [3.63, 3.8) is 0 Å². The van der Waals surface area contributed by atoms with Crippen LogP contribution in [0.1, 0.15) is 26.2 Å². The van der Waals surface area contributed by atoms with Crippen molar-refractivity contribution in [2.24, 2.45) is 0 Å². The van der Waals surface area contributed by atoms with Crippen LogP contribution in [-0.4, -0.2) is 0 Å². The van der Waals surface area contributed by atoms with Gasteiger partial charge in [0.25, 0.3) is 0 Å². The van der Waals surface area contributed by atoms with Crippen molar-refractivity contribution >= 4 is 0 Å². The van der Waals surface area contributed by atoms with Crippen LogP contribution in [0.4, 0.5) is 8.78 Å². The minimum absolute atomic E-state index is 0.0235. The van der Waals surface area contributed by atoms with E-state index in [-0.39, 0.29) is 12.8 Å². The number of unbranched alkanes of at least 4 members (excludes halogenated alkanes) is 1. The van der Waals surface area contributed by atoms with Gasteiger partial charge < -0.3 is 0 Å². The third-order valence-electron chi connectivity index (χ3n) is 0.888. The molecule has 0 N–H and O–H groups in total. The summed E-state index contributed by atoms with van der Waals surface area (Å²) in [5.74, 6) is -0.646. The minimum atomic E-state index is -0.646. The van der Waals surface area contributed by atoms with E-state index >= 15 is 0 Å². The van der Waals surface area contributed by atoms with Crippen LogP contribution in [0.3, 0.4) is 0 Å². The van der Waals surface area contributed by atoms with E-state index in [9.17, 15) is 8.78 Å². The number of halogens is 2. The van der Waals surface area contributed by atoms with E-state index in [4.69, 9.17) is 0 Å². The molecule has 0 saturated heterocycles. The first kappa shape index (κ1) is 7.60. The third-order valence-corrected chi connectivity index (χ3v) is 0.888. The molecular weight excluding hydrogens is 110 g/mol. The van der Waals surface area contributed by atoms with Crippen molar-refractivity contribution in [2.75, 3.05) is 0 Å². The Hall–Kier alpha value is -0.400. The molecule has 0 heterocycles. The summed E-state index contributed by atoms with van der Waals surface area (Å²) >= 11 is 0. The molecular formula is C6H10F2. The van der Waals surface area contributed by atoms with Gasteiger partial charge in [-0.1, -0.05) is 13.3 Å². The van der Waals surface area contributed by atoms with Gasteiger partial charge in [0.1, 0.15) is 12.2 Å². The van der Waals surface area contributed by atoms with Gasteiger partial charge in [-0.05, 0) is 6.42 Å². The summed E-state index contributed by atoms with van der Waals surface area (Å²) in [5, 5.41) is 0. The Kier molecular flexibility index (Phi) is 4.51. The number of hydrogen-bond donors (Lipinski definition) is 0. The van der Waals surface area contributed by atoms with Crippen molar-refractivity contribution < 1.29 is 8.78 Å². The standard InChI is InChI=1S/C6H10F2/c1-2-3-4-6(8)5-7/h5H,2-4H2,1H3/b6-5-. The Bertz CT molecular complexity index is 76.6. The second-order valence-electron chi connectivity index (χ2n) is 1.66. The summed E-state index contributed by atoms with van der Waals surface area (Å²) in [7, 11) is 0. The van der Waals surface area contributed by atoms with Crippen LogP contribution in [0.25, 0.3) is 0 Å². The molecule has 0 nitrogen and oxygen atoms in total. The number of rotatable bonds is 3. The maximum atomic E-state index is 11.8. The molecule has 0 radical (unpaired) electrons. The first-order chi connectivity index (χ1) is 3.81. The first-order valence-electron chi connectivity index (χ1n) is 2.76. The number of allylic oxidation sites excluding steroid dienone is 1. The zero-order chi connectivity index (χ0) is 6.41. The van der Waals surface area contributed by atoms with Gasteiger partial charge in [-0.3, -0.25) is 0 Å². The van der Waals surface area contributed by atoms with E-state index in [0.717, 1.165) is 12.8 Å². The van der Waals surface area contributed by atoms with E-state index in [1.54, 1.807) is 0 Å². The number of hydrogen-bond acceptors (Lipinski definition) is 0. The molecule has 0 aliphatic heterocycles. The monoisotopic (exact) mass is 120 g/mol. The van der Waals surface area contributed by atoms with Gasteiger partial charge in [-0.2, -0.15) is 0 Å². The zero-order valence-corrected chi connectivity index (χ0v) is 4.95. The van der Waals surface area contributed by atoms with E-state index in [2.05, 4.69) is 0 Å². The summed E-state index contributed by atoms with van der Waals surface area (Å²) in [5.41, 5.74) is 0. The molecule has 48 valence electrons. The highest BCUT2D eigenvalue weighted by Crippen LogP contribution is 2.07. The second-order valence-corrected chi connectivity index (χ2v) is 1.66. The van der Waals surface area contributed by atoms with Gasteiger partial charge in [-0.15, -0.1) is 0 Å². The van der Waals surface area contributed by atoms with Gasteiger partial charge in [0.15, 0.2) is 0 Å². The normalized spacial score (nSPS) is 12.1. The van der Waals surface area contributed by atoms with E-state index < -0.39 is 5.83 Å². The minimum Gasteiger partial charge on any atom is -0.213 e. The Morgan fingerprint density at radius 2 is 2.25 bits per heavy atom. The van der Waals surface area contributed by atoms with Gasteiger partial charge in [-0.25, -0.2) is 8.78 Å². The van der Waals surface area contributed by atoms with Crippen LogP contribution < -0.4 is 0 Å². The lowest BCUT2D eigenvalue weighted by molar-refractivity contribution is 0.533. The van der Waals surface area contributed by atoms with Gasteiger partial charge in [0, 0.05) is 6.42 Å². The second kappa shape index (κ2) is 4.75. The molecule has 0 aliphatic rings. The van der Waals surface area contributed by atoms with Gasteiger partial charge in [0.05, 0.1) is 0 Å². The van der Waals surface area contributed by atoms with E-state index in [1.807, 2.05) is 6.92 Å². The maximum absolute atomic E-state index is 11.8. The topological polar surface area (TPSA) is 0 Å². The van der Waals surface area contributed by atoms with E-state index in [0.29, 0.717) is 0 Å². The average molecular weight is 120 g/mol. The largest absolute Gasteiger partial charge is 0.213 e. The molecule has 0 aliphatic carbocycles. The third kappa shape index (κ3) is 3.78. The molecule has 0 atom stereocenters. The Morgan fingerprint density at radius 1 is 1.62 bits per heavy atom. The zero-order valence-electron chi connectivity index (χ0n) is 4.95. The molecule has 0 unspecified atom stereocenters. The van der Waals surface area contributed by atoms with Crippen molar-refractivity contribution in [3.8, 4) is 0 Å². The smallest absolute Gasteiger partial charge is 0.128 e. The Balaban J connectivity index is 3.12. The van der Waals surface area contributed by atoms with E-state index in [1.165, 1.54) is 0 Å². The fraction of sp³-hybridized carbons (Fsp3) is 0.667. The predicted molar refractivity (Wildman–Crippen MR) is 29.8 cm³/mol. The molecule has 0 rings (SSSR count). The lowest BCUT2D eigenvalue weighted by Gasteiger charge is -1.88. The van der Waals surface area contributed by atoms with Crippen LogP contribution >= 0.6 is 0 Å². The van der Waals surface area contributed by atoms with Crippen LogP contribution in [0.5, 0.6) is 0 Å². The molecule has 0 amide bonds. The molecule has 8 heavy (non-hydrogen) atoms. The molecule has 0 aromatic rings. The lowest BCUT2D eigenvalue weighted by Crippen LogP contribution is -1.72. The molecule has 0 bridgehead atoms. The molecule has 2 heteroatoms. The highest BCUT2D eigenvalue weighted by Gasteiger charge is 1.90. The maximum Gasteiger partial charge on any atom is 0.128 e. The first-order valence-corrected chi connectivity index (χ1v) is 2.76. The molecule has 0 spiro atoms. The predicted octanol–water partition coefficient (Wildman–Crippen LogP) is 2.96. The summed E-state index contributed by atoms with van der Waals surface area (Å²) in [6.45, 7) is 1.94. The summed E-state index contributed by atoms with van der Waals surface area (Å²) in [4.78, 5) is 0. The van der Waals surface area contributed by atoms with Crippen LogP contribution in [0.2, 0.25) is 0 Å². The van der Waals surface area contributed by atoms with Crippen molar-refractivity contribution in [2.45, 2.75) is 26.2 Å². The van der Waals surface area contributed by atoms with Crippen molar-refractivity contribution in [1.82, 2.24) is 0 Å². The van der Waals surface area contributed by atoms with Crippen molar-refractivity contribution in [3.05, 3.63) is 12.2 Å². The lowest BCUT2D eigenvalue weighted by atomic mass is 10.2. The highest BCUT2D eigenvalue weighted by molar-refractivity contribution is 4.83. The molecule has 0 saturated carbocycles. The Labute approximate surface area is 48.2 Å². The highest BCUT2D eigenvalue weighted by atomic mass is 19.2. The molecule has 0 aromatic heterocycles. The SMILES string of the molecule is CCCC/C(F)=C/F. The average Bonchev–Trinajstić information content (AvgIpc) is 1.83. The van der Waals surface area contributed by atoms with Crippen LogP contribution in [0, 0.1) is 0 Å². The molecule has 0 aromatic carbocycles. The summed E-state index contributed by atoms with van der Waals surface area (Å²) in [6, 6.07) is 0. The van der Waals surface area contributed by atoms with Crippen LogP contribution in [-0.2, 0) is 0 Å². The molecule has 0 fully saturated rings. The van der Waals surface area contributed by atoms with Crippen molar-refractivity contribution in [1.29, 1.82) is 0 Å².